The first-order chi connectivity index (χ1) is 13.6. The van der Waals surface area contributed by atoms with Crippen LogP contribution in [0.3, 0.4) is 0 Å². The van der Waals surface area contributed by atoms with Gasteiger partial charge in [-0.25, -0.2) is 0 Å². The van der Waals surface area contributed by atoms with Crippen LogP contribution in [0.5, 0.6) is 5.75 Å². The van der Waals surface area contributed by atoms with E-state index in [2.05, 4.69) is 46.9 Å². The number of benzene rings is 2. The van der Waals surface area contributed by atoms with Crippen LogP contribution >= 0.6 is 0 Å². The van der Waals surface area contributed by atoms with Crippen molar-refractivity contribution in [2.45, 2.75) is 38.8 Å². The second-order valence-corrected chi connectivity index (χ2v) is 7.91. The Hall–Kier alpha value is -2.75. The number of hydrogen-bond donors (Lipinski definition) is 0. The molecule has 1 atom stereocenters. The molecule has 1 unspecified atom stereocenters. The maximum Gasteiger partial charge on any atom is 0.227 e. The highest BCUT2D eigenvalue weighted by molar-refractivity contribution is 5.89. The number of aryl methyl sites for hydroxylation is 1. The summed E-state index contributed by atoms with van der Waals surface area (Å²) >= 11 is 0. The molecule has 2 aromatic carbocycles. The maximum absolute atomic E-state index is 13.4. The SMILES string of the molecule is COc1ccc(CN(C(=O)Cc2cn(C)c3ccccc23)C(C)C2CC2)cc1. The van der Waals surface area contributed by atoms with E-state index in [4.69, 9.17) is 4.74 Å². The second-order valence-electron chi connectivity index (χ2n) is 7.91. The predicted octanol–water partition coefficient (Wildman–Crippen LogP) is 4.56. The molecule has 0 bridgehead atoms. The minimum atomic E-state index is 0.201. The van der Waals surface area contributed by atoms with E-state index in [9.17, 15) is 4.79 Å². The Kier molecular flexibility index (Phi) is 5.12. The molecule has 1 fully saturated rings. The lowest BCUT2D eigenvalue weighted by Crippen LogP contribution is -2.40. The predicted molar refractivity (Wildman–Crippen MR) is 112 cm³/mol. The normalized spacial score (nSPS) is 14.8. The number of fused-ring (bicyclic) bond motifs is 1. The minimum Gasteiger partial charge on any atom is -0.497 e. The first-order valence-corrected chi connectivity index (χ1v) is 10.0. The molecule has 146 valence electrons. The van der Waals surface area contributed by atoms with Crippen molar-refractivity contribution in [3.63, 3.8) is 0 Å². The number of ether oxygens (including phenoxy) is 1. The van der Waals surface area contributed by atoms with Crippen molar-refractivity contribution in [3.8, 4) is 5.75 Å². The third-order valence-corrected chi connectivity index (χ3v) is 5.95. The summed E-state index contributed by atoms with van der Waals surface area (Å²) in [6.07, 6.45) is 4.98. The number of methoxy groups -OCH3 is 1. The summed E-state index contributed by atoms with van der Waals surface area (Å²) in [5.41, 5.74) is 3.41. The van der Waals surface area contributed by atoms with Gasteiger partial charge in [0, 0.05) is 36.7 Å². The van der Waals surface area contributed by atoms with Gasteiger partial charge in [-0.3, -0.25) is 4.79 Å². The molecule has 4 nitrogen and oxygen atoms in total. The van der Waals surface area contributed by atoms with Gasteiger partial charge in [-0.15, -0.1) is 0 Å². The average Bonchev–Trinajstić information content (AvgIpc) is 3.52. The van der Waals surface area contributed by atoms with Crippen molar-refractivity contribution >= 4 is 16.8 Å². The number of para-hydroxylation sites is 1. The molecule has 0 saturated heterocycles. The standard InChI is InChI=1S/C24H28N2O2/c1-17(19-10-11-19)26(15-18-8-12-21(28-3)13-9-18)24(27)14-20-16-25(2)23-7-5-4-6-22(20)23/h4-9,12-13,16-17,19H,10-11,14-15H2,1-3H3. The van der Waals surface area contributed by atoms with E-state index in [0.717, 1.165) is 16.9 Å². The Morgan fingerprint density at radius 1 is 1.18 bits per heavy atom. The van der Waals surface area contributed by atoms with E-state index in [-0.39, 0.29) is 11.9 Å². The van der Waals surface area contributed by atoms with E-state index in [1.54, 1.807) is 7.11 Å². The van der Waals surface area contributed by atoms with Crippen molar-refractivity contribution in [2.75, 3.05) is 7.11 Å². The van der Waals surface area contributed by atoms with Crippen LogP contribution < -0.4 is 4.74 Å². The Morgan fingerprint density at radius 2 is 1.89 bits per heavy atom. The third kappa shape index (κ3) is 3.77. The van der Waals surface area contributed by atoms with Gasteiger partial charge in [-0.1, -0.05) is 30.3 Å². The summed E-state index contributed by atoms with van der Waals surface area (Å²) in [5.74, 6) is 1.67. The molecule has 28 heavy (non-hydrogen) atoms. The highest BCUT2D eigenvalue weighted by Gasteiger charge is 2.34. The second kappa shape index (κ2) is 7.70. The molecule has 0 N–H and O–H groups in total. The van der Waals surface area contributed by atoms with Gasteiger partial charge in [0.2, 0.25) is 5.91 Å². The molecular formula is C24H28N2O2. The Balaban J connectivity index is 1.57. The molecule has 4 heteroatoms. The van der Waals surface area contributed by atoms with E-state index in [1.807, 2.05) is 31.3 Å². The zero-order valence-corrected chi connectivity index (χ0v) is 16.9. The average molecular weight is 377 g/mol. The number of amides is 1. The number of carbonyl (C=O) groups is 1. The molecule has 1 amide bonds. The van der Waals surface area contributed by atoms with Gasteiger partial charge in [0.05, 0.1) is 13.5 Å². The number of hydrogen-bond acceptors (Lipinski definition) is 2. The molecular weight excluding hydrogens is 348 g/mol. The number of nitrogens with zero attached hydrogens (tertiary/aromatic N) is 2. The van der Waals surface area contributed by atoms with Gasteiger partial charge in [-0.2, -0.15) is 0 Å². The summed E-state index contributed by atoms with van der Waals surface area (Å²) in [5, 5.41) is 1.17. The lowest BCUT2D eigenvalue weighted by molar-refractivity contribution is -0.133. The smallest absolute Gasteiger partial charge is 0.227 e. The van der Waals surface area contributed by atoms with Crippen LogP contribution in [0.25, 0.3) is 10.9 Å². The Labute approximate surface area is 166 Å². The monoisotopic (exact) mass is 376 g/mol. The summed E-state index contributed by atoms with van der Waals surface area (Å²) in [6.45, 7) is 2.84. The van der Waals surface area contributed by atoms with Gasteiger partial charge in [0.25, 0.3) is 0 Å². The highest BCUT2D eigenvalue weighted by atomic mass is 16.5. The molecule has 0 spiro atoms. The third-order valence-electron chi connectivity index (χ3n) is 5.95. The molecule has 1 heterocycles. The molecule has 0 aliphatic heterocycles. The van der Waals surface area contributed by atoms with Crippen LogP contribution in [-0.2, 0) is 24.8 Å². The topological polar surface area (TPSA) is 34.5 Å². The van der Waals surface area contributed by atoms with Crippen LogP contribution in [0.1, 0.15) is 30.9 Å². The molecule has 4 rings (SSSR count). The molecule has 1 saturated carbocycles. The lowest BCUT2D eigenvalue weighted by Gasteiger charge is -2.30. The van der Waals surface area contributed by atoms with Crippen molar-refractivity contribution in [1.29, 1.82) is 0 Å². The van der Waals surface area contributed by atoms with Gasteiger partial charge in [0.1, 0.15) is 5.75 Å². The number of rotatable bonds is 7. The maximum atomic E-state index is 13.4. The molecule has 1 aliphatic carbocycles. The largest absolute Gasteiger partial charge is 0.497 e. The van der Waals surface area contributed by atoms with E-state index in [1.165, 1.54) is 23.7 Å². The van der Waals surface area contributed by atoms with Gasteiger partial charge in [-0.05, 0) is 55.0 Å². The Bertz CT molecular complexity index is 970. The van der Waals surface area contributed by atoms with E-state index < -0.39 is 0 Å². The minimum absolute atomic E-state index is 0.201. The Morgan fingerprint density at radius 3 is 2.57 bits per heavy atom. The summed E-state index contributed by atoms with van der Waals surface area (Å²) < 4.78 is 7.36. The van der Waals surface area contributed by atoms with Gasteiger partial charge >= 0.3 is 0 Å². The van der Waals surface area contributed by atoms with Crippen LogP contribution in [-0.4, -0.2) is 28.5 Å². The fraction of sp³-hybridized carbons (Fsp3) is 0.375. The van der Waals surface area contributed by atoms with Crippen molar-refractivity contribution in [3.05, 3.63) is 65.9 Å². The van der Waals surface area contributed by atoms with Gasteiger partial charge < -0.3 is 14.2 Å². The van der Waals surface area contributed by atoms with Crippen LogP contribution in [0, 0.1) is 5.92 Å². The van der Waals surface area contributed by atoms with Crippen LogP contribution in [0.15, 0.2) is 54.7 Å². The fourth-order valence-corrected chi connectivity index (χ4v) is 4.05. The molecule has 3 aromatic rings. The first kappa shape index (κ1) is 18.6. The molecule has 0 radical (unpaired) electrons. The van der Waals surface area contributed by atoms with Crippen LogP contribution in [0.2, 0.25) is 0 Å². The molecule has 1 aliphatic rings. The number of aromatic nitrogens is 1. The fourth-order valence-electron chi connectivity index (χ4n) is 4.05. The van der Waals surface area contributed by atoms with E-state index in [0.29, 0.717) is 18.9 Å². The lowest BCUT2D eigenvalue weighted by atomic mass is 10.1. The highest BCUT2D eigenvalue weighted by Crippen LogP contribution is 2.36. The van der Waals surface area contributed by atoms with Crippen LogP contribution in [0.4, 0.5) is 0 Å². The van der Waals surface area contributed by atoms with Crippen molar-refractivity contribution < 1.29 is 9.53 Å². The van der Waals surface area contributed by atoms with E-state index >= 15 is 0 Å². The first-order valence-electron chi connectivity index (χ1n) is 10.0. The van der Waals surface area contributed by atoms with Gasteiger partial charge in [0.15, 0.2) is 0 Å². The number of carbonyl (C=O) groups excluding carboxylic acids is 1. The summed E-state index contributed by atoms with van der Waals surface area (Å²) in [6, 6.07) is 16.6. The zero-order chi connectivity index (χ0) is 19.7. The quantitative estimate of drug-likeness (QED) is 0.606. The van der Waals surface area contributed by atoms with Crippen molar-refractivity contribution in [2.24, 2.45) is 13.0 Å². The summed E-state index contributed by atoms with van der Waals surface area (Å²) in [4.78, 5) is 15.4. The summed E-state index contributed by atoms with van der Waals surface area (Å²) in [7, 11) is 3.71. The zero-order valence-electron chi connectivity index (χ0n) is 16.9. The van der Waals surface area contributed by atoms with Crippen molar-refractivity contribution in [1.82, 2.24) is 9.47 Å². The molecule has 1 aromatic heterocycles.